The highest BCUT2D eigenvalue weighted by Crippen LogP contribution is 2.05. The Kier molecular flexibility index (Phi) is 7.39. The maximum atomic E-state index is 12.0. The minimum Gasteiger partial charge on any atom is -0.480 e. The van der Waals surface area contributed by atoms with E-state index in [1.165, 1.54) is 0 Å². The SMILES string of the molecule is CC[C@H](NC(=O)N(CC(C)C)CC(C)C)C(=O)O. The zero-order chi connectivity index (χ0) is 14.3. The first-order valence-corrected chi connectivity index (χ1v) is 6.56. The van der Waals surface area contributed by atoms with Gasteiger partial charge in [-0.3, -0.25) is 0 Å². The van der Waals surface area contributed by atoms with E-state index in [2.05, 4.69) is 5.32 Å². The van der Waals surface area contributed by atoms with Gasteiger partial charge in [-0.2, -0.15) is 0 Å². The molecule has 0 heterocycles. The zero-order valence-corrected chi connectivity index (χ0v) is 12.1. The molecule has 5 heteroatoms. The molecule has 0 aromatic heterocycles. The van der Waals surface area contributed by atoms with Crippen molar-refractivity contribution in [2.24, 2.45) is 11.8 Å². The maximum absolute atomic E-state index is 12.0. The number of urea groups is 1. The van der Waals surface area contributed by atoms with Gasteiger partial charge < -0.3 is 15.3 Å². The van der Waals surface area contributed by atoms with Crippen molar-refractivity contribution in [3.63, 3.8) is 0 Å². The van der Waals surface area contributed by atoms with E-state index in [0.717, 1.165) is 0 Å². The summed E-state index contributed by atoms with van der Waals surface area (Å²) in [6.07, 6.45) is 0.387. The van der Waals surface area contributed by atoms with E-state index >= 15 is 0 Å². The smallest absolute Gasteiger partial charge is 0.326 e. The van der Waals surface area contributed by atoms with Gasteiger partial charge in [0.1, 0.15) is 6.04 Å². The largest absolute Gasteiger partial charge is 0.480 e. The number of hydrogen-bond donors (Lipinski definition) is 2. The fraction of sp³-hybridized carbons (Fsp3) is 0.846. The molecule has 0 bridgehead atoms. The van der Waals surface area contributed by atoms with Crippen LogP contribution in [-0.4, -0.2) is 41.1 Å². The lowest BCUT2D eigenvalue weighted by Crippen LogP contribution is -2.49. The fourth-order valence-electron chi connectivity index (χ4n) is 1.70. The van der Waals surface area contributed by atoms with E-state index in [9.17, 15) is 9.59 Å². The van der Waals surface area contributed by atoms with E-state index in [0.29, 0.717) is 31.3 Å². The summed E-state index contributed by atoms with van der Waals surface area (Å²) in [7, 11) is 0. The highest BCUT2D eigenvalue weighted by molar-refractivity contribution is 5.82. The molecule has 0 aromatic carbocycles. The number of carboxylic acids is 1. The monoisotopic (exact) mass is 258 g/mol. The van der Waals surface area contributed by atoms with Crippen molar-refractivity contribution in [2.45, 2.75) is 47.1 Å². The molecule has 106 valence electrons. The van der Waals surface area contributed by atoms with Crippen molar-refractivity contribution in [3.8, 4) is 0 Å². The second kappa shape index (κ2) is 7.95. The number of nitrogens with one attached hydrogen (secondary N) is 1. The lowest BCUT2D eigenvalue weighted by Gasteiger charge is -2.28. The van der Waals surface area contributed by atoms with E-state index in [-0.39, 0.29) is 6.03 Å². The summed E-state index contributed by atoms with van der Waals surface area (Å²) in [4.78, 5) is 24.6. The van der Waals surface area contributed by atoms with Gasteiger partial charge in [0, 0.05) is 13.1 Å². The van der Waals surface area contributed by atoms with Crippen LogP contribution in [0.15, 0.2) is 0 Å². The van der Waals surface area contributed by atoms with Gasteiger partial charge in [-0.25, -0.2) is 9.59 Å². The molecule has 2 N–H and O–H groups in total. The third-order valence-corrected chi connectivity index (χ3v) is 2.46. The molecule has 0 fully saturated rings. The van der Waals surface area contributed by atoms with Crippen molar-refractivity contribution in [1.82, 2.24) is 10.2 Å². The number of carboxylic acid groups (broad SMARTS) is 1. The minimum absolute atomic E-state index is 0.286. The van der Waals surface area contributed by atoms with Crippen molar-refractivity contribution in [1.29, 1.82) is 0 Å². The first kappa shape index (κ1) is 16.7. The van der Waals surface area contributed by atoms with Crippen molar-refractivity contribution in [2.75, 3.05) is 13.1 Å². The Balaban J connectivity index is 4.58. The van der Waals surface area contributed by atoms with E-state index in [1.807, 2.05) is 27.7 Å². The fourth-order valence-corrected chi connectivity index (χ4v) is 1.70. The lowest BCUT2D eigenvalue weighted by molar-refractivity contribution is -0.139. The summed E-state index contributed by atoms with van der Waals surface area (Å²) in [6.45, 7) is 11.2. The van der Waals surface area contributed by atoms with Crippen LogP contribution in [0.5, 0.6) is 0 Å². The number of nitrogens with zero attached hydrogens (tertiary/aromatic N) is 1. The van der Waals surface area contributed by atoms with Crippen LogP contribution in [0.4, 0.5) is 4.79 Å². The standard InChI is InChI=1S/C13H26N2O3/c1-6-11(12(16)17)14-13(18)15(7-9(2)3)8-10(4)5/h9-11H,6-8H2,1-5H3,(H,14,18)(H,16,17)/t11-/m0/s1. The zero-order valence-electron chi connectivity index (χ0n) is 12.1. The molecule has 0 aliphatic carbocycles. The van der Waals surface area contributed by atoms with Gasteiger partial charge in [-0.15, -0.1) is 0 Å². The highest BCUT2D eigenvalue weighted by atomic mass is 16.4. The number of aliphatic carboxylic acids is 1. The summed E-state index contributed by atoms with van der Waals surface area (Å²) in [5.74, 6) is -0.265. The summed E-state index contributed by atoms with van der Waals surface area (Å²) < 4.78 is 0. The van der Waals surface area contributed by atoms with Crippen LogP contribution >= 0.6 is 0 Å². The van der Waals surface area contributed by atoms with Gasteiger partial charge in [-0.05, 0) is 18.3 Å². The Hall–Kier alpha value is -1.26. The first-order valence-electron chi connectivity index (χ1n) is 6.56. The lowest BCUT2D eigenvalue weighted by atomic mass is 10.1. The molecule has 0 saturated carbocycles. The second-order valence-corrected chi connectivity index (χ2v) is 5.44. The van der Waals surface area contributed by atoms with Gasteiger partial charge in [-0.1, -0.05) is 34.6 Å². The van der Waals surface area contributed by atoms with Crippen LogP contribution in [0.25, 0.3) is 0 Å². The molecular formula is C13H26N2O3. The maximum Gasteiger partial charge on any atom is 0.326 e. The predicted octanol–water partition coefficient (Wildman–Crippen LogP) is 2.17. The summed E-state index contributed by atoms with van der Waals surface area (Å²) in [5.41, 5.74) is 0. The normalized spacial score (nSPS) is 12.6. The van der Waals surface area contributed by atoms with Crippen molar-refractivity contribution >= 4 is 12.0 Å². The molecular weight excluding hydrogens is 232 g/mol. The van der Waals surface area contributed by atoms with Crippen LogP contribution < -0.4 is 5.32 Å². The summed E-state index contributed by atoms with van der Waals surface area (Å²) in [6, 6.07) is -1.09. The molecule has 2 amide bonds. The van der Waals surface area contributed by atoms with Crippen molar-refractivity contribution < 1.29 is 14.7 Å². The third kappa shape index (κ3) is 6.47. The molecule has 0 rings (SSSR count). The Labute approximate surface area is 110 Å². The van der Waals surface area contributed by atoms with Crippen molar-refractivity contribution in [3.05, 3.63) is 0 Å². The van der Waals surface area contributed by atoms with Gasteiger partial charge in [0.2, 0.25) is 0 Å². The van der Waals surface area contributed by atoms with E-state index in [1.54, 1.807) is 11.8 Å². The second-order valence-electron chi connectivity index (χ2n) is 5.44. The van der Waals surface area contributed by atoms with Crippen LogP contribution in [-0.2, 0) is 4.79 Å². The molecule has 0 spiro atoms. The molecule has 0 saturated heterocycles. The number of carbonyl (C=O) groups excluding carboxylic acids is 1. The summed E-state index contributed by atoms with van der Waals surface area (Å²) in [5, 5.41) is 11.5. The summed E-state index contributed by atoms with van der Waals surface area (Å²) >= 11 is 0. The van der Waals surface area contributed by atoms with Crippen LogP contribution in [0.3, 0.4) is 0 Å². The van der Waals surface area contributed by atoms with Gasteiger partial charge >= 0.3 is 12.0 Å². The highest BCUT2D eigenvalue weighted by Gasteiger charge is 2.22. The molecule has 0 unspecified atom stereocenters. The number of carbonyl (C=O) groups is 2. The quantitative estimate of drug-likeness (QED) is 0.735. The predicted molar refractivity (Wildman–Crippen MR) is 71.5 cm³/mol. The number of hydrogen-bond acceptors (Lipinski definition) is 2. The molecule has 1 atom stereocenters. The minimum atomic E-state index is -0.986. The molecule has 0 radical (unpaired) electrons. The number of rotatable bonds is 7. The molecule has 5 nitrogen and oxygen atoms in total. The average Bonchev–Trinajstić information content (AvgIpc) is 2.22. The van der Waals surface area contributed by atoms with Gasteiger partial charge in [0.25, 0.3) is 0 Å². The molecule has 0 aromatic rings. The van der Waals surface area contributed by atoms with E-state index < -0.39 is 12.0 Å². The van der Waals surface area contributed by atoms with Crippen LogP contribution in [0.2, 0.25) is 0 Å². The topological polar surface area (TPSA) is 69.6 Å². The molecule has 0 aliphatic rings. The first-order chi connectivity index (χ1) is 8.27. The van der Waals surface area contributed by atoms with Gasteiger partial charge in [0.15, 0.2) is 0 Å². The molecule has 18 heavy (non-hydrogen) atoms. The molecule has 0 aliphatic heterocycles. The van der Waals surface area contributed by atoms with Crippen LogP contribution in [0.1, 0.15) is 41.0 Å². The average molecular weight is 258 g/mol. The third-order valence-electron chi connectivity index (χ3n) is 2.46. The van der Waals surface area contributed by atoms with Crippen LogP contribution in [0, 0.1) is 11.8 Å². The number of amides is 2. The Morgan fingerprint density at radius 2 is 1.56 bits per heavy atom. The van der Waals surface area contributed by atoms with E-state index in [4.69, 9.17) is 5.11 Å². The van der Waals surface area contributed by atoms with Gasteiger partial charge in [0.05, 0.1) is 0 Å². The Morgan fingerprint density at radius 3 is 1.83 bits per heavy atom. The Morgan fingerprint density at radius 1 is 1.11 bits per heavy atom. The Bertz CT molecular complexity index is 267.